The standard InChI is InChI=1S/2C2H3N/c2*1-2-3/h2*1H3/i2*1D3. The minimum absolute atomic E-state index is 1.10. The molecule has 0 atom stereocenters. The molecular weight excluding hydrogens is 76.1 g/mol. The summed E-state index contributed by atoms with van der Waals surface area (Å²) in [4.78, 5) is 0. The molecule has 2 nitrogen and oxygen atoms in total. The fourth-order valence-electron chi connectivity index (χ4n) is 0. The highest BCUT2D eigenvalue weighted by Gasteiger charge is 1.18. The Hall–Kier alpha value is -1.02. The second-order valence-electron chi connectivity index (χ2n) is 0.224. The van der Waals surface area contributed by atoms with Crippen LogP contribution in [0.3, 0.4) is 0 Å². The molecule has 0 aromatic rings. The van der Waals surface area contributed by atoms with Gasteiger partial charge in [-0.15, -0.1) is 0 Å². The van der Waals surface area contributed by atoms with E-state index in [1.165, 1.54) is 0 Å². The van der Waals surface area contributed by atoms with Gasteiger partial charge in [0.05, 0.1) is 12.1 Å². The van der Waals surface area contributed by atoms with Gasteiger partial charge in [0.25, 0.3) is 0 Å². The van der Waals surface area contributed by atoms with Crippen molar-refractivity contribution in [1.29, 1.82) is 10.5 Å². The summed E-state index contributed by atoms with van der Waals surface area (Å²) >= 11 is 0. The maximum absolute atomic E-state index is 7.59. The van der Waals surface area contributed by atoms with E-state index in [0.29, 0.717) is 0 Å². The van der Waals surface area contributed by atoms with Crippen LogP contribution in [0.1, 0.15) is 21.9 Å². The average Bonchev–Trinajstić information content (AvgIpc) is 1.86. The maximum Gasteiger partial charge on any atom is 0.0587 e. The first kappa shape index (κ1) is 0.978. The van der Waals surface area contributed by atoms with Crippen molar-refractivity contribution in [1.82, 2.24) is 0 Å². The molecule has 0 bridgehead atoms. The van der Waals surface area contributed by atoms with Gasteiger partial charge in [-0.05, 0) is 0 Å². The van der Waals surface area contributed by atoms with Crippen LogP contribution in [0.5, 0.6) is 0 Å². The van der Waals surface area contributed by atoms with Gasteiger partial charge in [-0.3, -0.25) is 0 Å². The third kappa shape index (κ3) is 11.2. The van der Waals surface area contributed by atoms with Crippen molar-refractivity contribution in [3.63, 3.8) is 0 Å². The van der Waals surface area contributed by atoms with Crippen LogP contribution in [-0.4, -0.2) is 0 Å². The Morgan fingerprint density at radius 2 is 1.50 bits per heavy atom. The number of nitrogens with zero attached hydrogens (tertiary/aromatic N) is 2. The minimum Gasteiger partial charge on any atom is -0.199 e. The summed E-state index contributed by atoms with van der Waals surface area (Å²) in [6.45, 7) is -4.81. The van der Waals surface area contributed by atoms with Crippen molar-refractivity contribution in [2.24, 2.45) is 0 Å². The number of rotatable bonds is 0. The van der Waals surface area contributed by atoms with E-state index in [2.05, 4.69) is 0 Å². The molecule has 0 N–H and O–H groups in total. The summed E-state index contributed by atoms with van der Waals surface area (Å²) in [6, 6.07) is 2.21. The molecule has 0 unspecified atom stereocenters. The van der Waals surface area contributed by atoms with E-state index < -0.39 is 13.7 Å². The van der Waals surface area contributed by atoms with E-state index in [1.54, 1.807) is 0 Å². The van der Waals surface area contributed by atoms with Crippen molar-refractivity contribution in [3.8, 4) is 12.1 Å². The molecule has 0 aliphatic carbocycles. The first-order valence-electron chi connectivity index (χ1n) is 3.95. The highest BCUT2D eigenvalue weighted by Crippen LogP contribution is 1.22. The quantitative estimate of drug-likeness (QED) is 0.444. The fourth-order valence-corrected chi connectivity index (χ4v) is 0. The van der Waals surface area contributed by atoms with Crippen LogP contribution in [0, 0.1) is 22.7 Å². The van der Waals surface area contributed by atoms with Crippen LogP contribution in [0.2, 0.25) is 0 Å². The monoisotopic (exact) mass is 88.1 g/mol. The van der Waals surface area contributed by atoms with Gasteiger partial charge in [0.1, 0.15) is 0 Å². The van der Waals surface area contributed by atoms with E-state index in [9.17, 15) is 0 Å². The van der Waals surface area contributed by atoms with Gasteiger partial charge in [-0.1, -0.05) is 0 Å². The third-order valence-electron chi connectivity index (χ3n) is 0. The normalized spacial score (nSPS) is 21.7. The molecule has 0 amide bonds. The zero-order valence-electron chi connectivity index (χ0n) is 8.89. The van der Waals surface area contributed by atoms with Gasteiger partial charge >= 0.3 is 0 Å². The van der Waals surface area contributed by atoms with Gasteiger partial charge in [0.2, 0.25) is 0 Å². The minimum atomic E-state index is -2.40. The molecule has 0 radical (unpaired) electrons. The second-order valence-corrected chi connectivity index (χ2v) is 0.224. The van der Waals surface area contributed by atoms with Crippen LogP contribution in [0.15, 0.2) is 0 Å². The van der Waals surface area contributed by atoms with Crippen molar-refractivity contribution in [2.75, 3.05) is 0 Å². The van der Waals surface area contributed by atoms with Gasteiger partial charge in [-0.2, -0.15) is 10.5 Å². The molecule has 0 spiro atoms. The van der Waals surface area contributed by atoms with Crippen LogP contribution >= 0.6 is 0 Å². The molecule has 32 valence electrons. The molecular formula is C4H6N2. The van der Waals surface area contributed by atoms with E-state index >= 15 is 0 Å². The molecule has 0 saturated carbocycles. The highest BCUT2D eigenvalue weighted by molar-refractivity contribution is 4.51. The third-order valence-corrected chi connectivity index (χ3v) is 0. The summed E-state index contributed by atoms with van der Waals surface area (Å²) in [5.41, 5.74) is 0. The summed E-state index contributed by atoms with van der Waals surface area (Å²) in [5.74, 6) is 0. The second kappa shape index (κ2) is 36.8. The molecule has 0 aromatic heterocycles. The number of hydrogen-bond donors (Lipinski definition) is 0. The topological polar surface area (TPSA) is 47.6 Å². The molecule has 0 rings (SSSR count). The van der Waals surface area contributed by atoms with Crippen LogP contribution < -0.4 is 0 Å². The van der Waals surface area contributed by atoms with E-state index in [0.717, 1.165) is 12.1 Å². The smallest absolute Gasteiger partial charge is 0.0587 e. The zero-order valence-corrected chi connectivity index (χ0v) is 2.89. The van der Waals surface area contributed by atoms with E-state index in [1.807, 2.05) is 0 Å². The Morgan fingerprint density at radius 3 is 1.50 bits per heavy atom. The maximum atomic E-state index is 7.59. The SMILES string of the molecule is [2H]C([2H])([2H])C#N.[2H]C([2H])([2H])C#N. The first-order valence-corrected chi connectivity index (χ1v) is 0.947. The molecule has 0 aliphatic rings. The Bertz CT molecular complexity index is 176. The number of hydrogen-bond acceptors (Lipinski definition) is 2. The summed E-state index contributed by atoms with van der Waals surface area (Å²) in [6.07, 6.45) is 0. The van der Waals surface area contributed by atoms with E-state index in [-0.39, 0.29) is 0 Å². The molecule has 0 aliphatic heterocycles. The molecule has 2 heteroatoms. The van der Waals surface area contributed by atoms with Crippen molar-refractivity contribution in [3.05, 3.63) is 0 Å². The molecule has 0 fully saturated rings. The fraction of sp³-hybridized carbons (Fsp3) is 0.500. The lowest BCUT2D eigenvalue weighted by atomic mass is 11.0. The summed E-state index contributed by atoms with van der Waals surface area (Å²) < 4.78 is 36.9. The molecule has 6 heavy (non-hydrogen) atoms. The Labute approximate surface area is 46.1 Å². The van der Waals surface area contributed by atoms with Crippen molar-refractivity contribution in [2.45, 2.75) is 13.7 Å². The van der Waals surface area contributed by atoms with Gasteiger partial charge < -0.3 is 0 Å². The summed E-state index contributed by atoms with van der Waals surface area (Å²) in [5, 5.41) is 15.2. The Morgan fingerprint density at radius 1 is 1.33 bits per heavy atom. The van der Waals surface area contributed by atoms with Gasteiger partial charge in [-0.25, -0.2) is 0 Å². The lowest BCUT2D eigenvalue weighted by Gasteiger charge is -1.15. The summed E-state index contributed by atoms with van der Waals surface area (Å²) in [7, 11) is 0. The largest absolute Gasteiger partial charge is 0.199 e. The Kier molecular flexibility index (Phi) is 6.00. The zero-order chi connectivity index (χ0) is 10.4. The average molecular weight is 88.1 g/mol. The first-order chi connectivity index (χ1) is 5.12. The Balaban J connectivity index is 0. The number of nitriles is 2. The van der Waals surface area contributed by atoms with Crippen LogP contribution in [0.4, 0.5) is 0 Å². The lowest BCUT2D eigenvalue weighted by molar-refractivity contribution is 1.49. The van der Waals surface area contributed by atoms with Crippen molar-refractivity contribution >= 4 is 0 Å². The van der Waals surface area contributed by atoms with Crippen molar-refractivity contribution < 1.29 is 8.22 Å². The highest BCUT2D eigenvalue weighted by atomic mass is 14.2. The lowest BCUT2D eigenvalue weighted by Crippen LogP contribution is -1.10. The van der Waals surface area contributed by atoms with Gasteiger partial charge in [0.15, 0.2) is 0 Å². The van der Waals surface area contributed by atoms with Gasteiger partial charge in [0, 0.05) is 21.9 Å². The predicted molar refractivity (Wildman–Crippen MR) is 22.6 cm³/mol. The molecule has 0 heterocycles. The molecule has 0 saturated heterocycles. The predicted octanol–water partition coefficient (Wildman–Crippen LogP) is 1.06. The molecule has 0 aromatic carbocycles. The van der Waals surface area contributed by atoms with Crippen LogP contribution in [-0.2, 0) is 0 Å². The van der Waals surface area contributed by atoms with E-state index in [4.69, 9.17) is 18.7 Å². The van der Waals surface area contributed by atoms with Crippen LogP contribution in [0.25, 0.3) is 0 Å².